The number of carbonyl (C=O) groups excluding carboxylic acids is 2. The number of pyridine rings is 2. The van der Waals surface area contributed by atoms with E-state index < -0.39 is 29.6 Å². The van der Waals surface area contributed by atoms with E-state index in [0.717, 1.165) is 17.7 Å². The minimum Gasteiger partial charge on any atom is -0.369 e. The van der Waals surface area contributed by atoms with Gasteiger partial charge >= 0.3 is 12.2 Å². The van der Waals surface area contributed by atoms with E-state index in [4.69, 9.17) is 17.3 Å². The van der Waals surface area contributed by atoms with Crippen LogP contribution >= 0.6 is 11.6 Å². The zero-order chi connectivity index (χ0) is 22.8. The molecule has 0 aliphatic carbocycles. The molecule has 3 heterocycles. The van der Waals surface area contributed by atoms with Crippen molar-refractivity contribution in [3.8, 4) is 0 Å². The van der Waals surface area contributed by atoms with Gasteiger partial charge in [-0.15, -0.1) is 0 Å². The molecule has 1 aliphatic heterocycles. The highest BCUT2D eigenvalue weighted by Crippen LogP contribution is 2.30. The molecule has 1 aliphatic rings. The zero-order valence-corrected chi connectivity index (χ0v) is 17.2. The first kappa shape index (κ1) is 22.5. The van der Waals surface area contributed by atoms with Crippen LogP contribution in [-0.2, 0) is 11.0 Å². The van der Waals surface area contributed by atoms with Gasteiger partial charge in [-0.2, -0.15) is 13.2 Å². The van der Waals surface area contributed by atoms with E-state index in [1.54, 1.807) is 25.3 Å². The van der Waals surface area contributed by atoms with Gasteiger partial charge < -0.3 is 10.6 Å². The Labute approximate surface area is 181 Å². The van der Waals surface area contributed by atoms with E-state index in [2.05, 4.69) is 15.3 Å². The summed E-state index contributed by atoms with van der Waals surface area (Å²) in [7, 11) is 0. The molecular weight excluding hydrogens is 435 g/mol. The molecule has 0 saturated carbocycles. The molecule has 3 rings (SSSR count). The maximum absolute atomic E-state index is 12.6. The Balaban J connectivity index is 1.64. The van der Waals surface area contributed by atoms with Gasteiger partial charge in [-0.25, -0.2) is 9.78 Å². The van der Waals surface area contributed by atoms with Crippen molar-refractivity contribution in [2.75, 3.05) is 18.4 Å². The van der Waals surface area contributed by atoms with Gasteiger partial charge in [0.1, 0.15) is 5.82 Å². The van der Waals surface area contributed by atoms with Crippen LogP contribution in [0.3, 0.4) is 0 Å². The fourth-order valence-electron chi connectivity index (χ4n) is 2.98. The van der Waals surface area contributed by atoms with E-state index >= 15 is 0 Å². The van der Waals surface area contributed by atoms with Gasteiger partial charge in [0.2, 0.25) is 5.91 Å². The fraction of sp³-hybridized carbons (Fsp3) is 0.300. The van der Waals surface area contributed by atoms with Crippen molar-refractivity contribution in [2.45, 2.75) is 25.4 Å². The molecule has 3 amide bonds. The molecule has 0 fully saturated rings. The number of alkyl halides is 3. The van der Waals surface area contributed by atoms with Gasteiger partial charge in [-0.3, -0.25) is 15.1 Å². The predicted molar refractivity (Wildman–Crippen MR) is 109 cm³/mol. The first-order valence-corrected chi connectivity index (χ1v) is 9.67. The summed E-state index contributed by atoms with van der Waals surface area (Å²) in [4.78, 5) is 33.2. The van der Waals surface area contributed by atoms with Crippen molar-refractivity contribution in [2.24, 2.45) is 5.73 Å². The molecule has 31 heavy (non-hydrogen) atoms. The molecule has 2 aromatic rings. The van der Waals surface area contributed by atoms with Crippen LogP contribution in [0.5, 0.6) is 0 Å². The van der Waals surface area contributed by atoms with Crippen LogP contribution in [-0.4, -0.2) is 39.9 Å². The fourth-order valence-corrected chi connectivity index (χ4v) is 3.28. The Bertz CT molecular complexity index is 1020. The third-order valence-corrected chi connectivity index (χ3v) is 5.20. The average molecular weight is 454 g/mol. The minimum atomic E-state index is -4.49. The van der Waals surface area contributed by atoms with Crippen LogP contribution in [0.25, 0.3) is 5.57 Å². The second kappa shape index (κ2) is 8.93. The molecule has 0 radical (unpaired) electrons. The number of amides is 3. The number of hydrogen-bond acceptors (Lipinski definition) is 4. The lowest BCUT2D eigenvalue weighted by molar-refractivity contribution is -0.137. The zero-order valence-electron chi connectivity index (χ0n) is 16.4. The van der Waals surface area contributed by atoms with Crippen molar-refractivity contribution in [3.63, 3.8) is 0 Å². The van der Waals surface area contributed by atoms with E-state index in [9.17, 15) is 22.8 Å². The van der Waals surface area contributed by atoms with E-state index in [0.29, 0.717) is 35.4 Å². The summed E-state index contributed by atoms with van der Waals surface area (Å²) in [5.74, 6) is -0.972. The summed E-state index contributed by atoms with van der Waals surface area (Å²) in [6.07, 6.45) is 0.00203. The standard InChI is InChI=1S/C20H19ClF3N5O2/c1-11(18(25)30)13-8-15(21)17(27-9-13)12-4-6-29(7-5-12)19(31)28-16-3-2-14(10-26-16)20(22,23)24/h2-4,8-11H,5-7H2,1H3,(H2,25,30)(H,26,28,31). The van der Waals surface area contributed by atoms with Crippen LogP contribution in [0, 0.1) is 0 Å². The van der Waals surface area contributed by atoms with Crippen molar-refractivity contribution in [3.05, 3.63) is 58.5 Å². The lowest BCUT2D eigenvalue weighted by Gasteiger charge is -2.26. The minimum absolute atomic E-state index is 0.0247. The Morgan fingerprint density at radius 1 is 1.26 bits per heavy atom. The number of urea groups is 1. The highest BCUT2D eigenvalue weighted by molar-refractivity contribution is 6.32. The number of nitrogens with two attached hydrogens (primary N) is 1. The second-order valence-corrected chi connectivity index (χ2v) is 7.42. The number of carbonyl (C=O) groups is 2. The van der Waals surface area contributed by atoms with E-state index in [1.165, 1.54) is 4.90 Å². The summed E-state index contributed by atoms with van der Waals surface area (Å²) in [5.41, 5.74) is 6.44. The number of hydrogen-bond donors (Lipinski definition) is 2. The molecule has 11 heteroatoms. The lowest BCUT2D eigenvalue weighted by Crippen LogP contribution is -2.38. The molecule has 164 valence electrons. The Kier molecular flexibility index (Phi) is 6.49. The summed E-state index contributed by atoms with van der Waals surface area (Å²) in [5, 5.41) is 2.86. The van der Waals surface area contributed by atoms with Gasteiger partial charge in [0.25, 0.3) is 0 Å². The quantitative estimate of drug-likeness (QED) is 0.728. The number of rotatable bonds is 4. The smallest absolute Gasteiger partial charge is 0.369 e. The molecule has 3 N–H and O–H groups in total. The maximum Gasteiger partial charge on any atom is 0.417 e. The first-order valence-electron chi connectivity index (χ1n) is 9.29. The van der Waals surface area contributed by atoms with Gasteiger partial charge in [0, 0.05) is 25.5 Å². The van der Waals surface area contributed by atoms with Crippen molar-refractivity contribution in [1.82, 2.24) is 14.9 Å². The third kappa shape index (κ3) is 5.32. The summed E-state index contributed by atoms with van der Waals surface area (Å²) in [6.45, 7) is 2.28. The van der Waals surface area contributed by atoms with Gasteiger partial charge in [0.05, 0.1) is 22.2 Å². The molecule has 7 nitrogen and oxygen atoms in total. The third-order valence-electron chi connectivity index (χ3n) is 4.92. The highest BCUT2D eigenvalue weighted by atomic mass is 35.5. The van der Waals surface area contributed by atoms with Crippen molar-refractivity contribution in [1.29, 1.82) is 0 Å². The average Bonchev–Trinajstić information content (AvgIpc) is 2.73. The highest BCUT2D eigenvalue weighted by Gasteiger charge is 2.30. The second-order valence-electron chi connectivity index (χ2n) is 7.01. The number of halogens is 4. The number of aromatic nitrogens is 2. The monoisotopic (exact) mass is 453 g/mol. The van der Waals surface area contributed by atoms with Crippen molar-refractivity contribution >= 4 is 34.9 Å². The number of nitrogens with one attached hydrogen (secondary N) is 1. The largest absolute Gasteiger partial charge is 0.417 e. The summed E-state index contributed by atoms with van der Waals surface area (Å²) < 4.78 is 37.8. The molecule has 0 spiro atoms. The van der Waals surface area contributed by atoms with Gasteiger partial charge in [0.15, 0.2) is 0 Å². The number of nitrogens with zero attached hydrogens (tertiary/aromatic N) is 3. The number of primary amides is 1. The van der Waals surface area contributed by atoms with Crippen LogP contribution < -0.4 is 11.1 Å². The molecule has 1 unspecified atom stereocenters. The topological polar surface area (TPSA) is 101 Å². The Hall–Kier alpha value is -3.14. The molecule has 0 aromatic carbocycles. The molecular formula is C20H19ClF3N5O2. The SMILES string of the molecule is CC(C(N)=O)c1cnc(C2=CCN(C(=O)Nc3ccc(C(F)(F)F)cn3)CC2)c(Cl)c1. The first-order chi connectivity index (χ1) is 14.6. The number of anilines is 1. The van der Waals surface area contributed by atoms with Crippen LogP contribution in [0.4, 0.5) is 23.8 Å². The summed E-state index contributed by atoms with van der Waals surface area (Å²) >= 11 is 6.33. The molecule has 1 atom stereocenters. The van der Waals surface area contributed by atoms with E-state index in [1.807, 2.05) is 0 Å². The molecule has 0 bridgehead atoms. The Morgan fingerprint density at radius 3 is 2.52 bits per heavy atom. The van der Waals surface area contributed by atoms with Crippen LogP contribution in [0.15, 0.2) is 36.7 Å². The maximum atomic E-state index is 12.6. The Morgan fingerprint density at radius 2 is 2.00 bits per heavy atom. The normalized spacial score (nSPS) is 15.3. The summed E-state index contributed by atoms with van der Waals surface area (Å²) in [6, 6.07) is 3.12. The van der Waals surface area contributed by atoms with Crippen LogP contribution in [0.1, 0.15) is 36.1 Å². The predicted octanol–water partition coefficient (Wildman–Crippen LogP) is 4.06. The lowest BCUT2D eigenvalue weighted by atomic mass is 9.99. The van der Waals surface area contributed by atoms with Gasteiger partial charge in [-0.1, -0.05) is 17.7 Å². The van der Waals surface area contributed by atoms with Gasteiger partial charge in [-0.05, 0) is 42.7 Å². The molecule has 2 aromatic heterocycles. The van der Waals surface area contributed by atoms with Crippen LogP contribution in [0.2, 0.25) is 5.02 Å². The van der Waals surface area contributed by atoms with E-state index in [-0.39, 0.29) is 12.4 Å². The molecule has 0 saturated heterocycles. The van der Waals surface area contributed by atoms with Crippen molar-refractivity contribution < 1.29 is 22.8 Å².